The molecule has 1 aromatic carbocycles. The van der Waals surface area contributed by atoms with Crippen LogP contribution in [0.2, 0.25) is 0 Å². The summed E-state index contributed by atoms with van der Waals surface area (Å²) in [5, 5.41) is 12.9. The summed E-state index contributed by atoms with van der Waals surface area (Å²) < 4.78 is 10.6. The Morgan fingerprint density at radius 2 is 2.07 bits per heavy atom. The van der Waals surface area contributed by atoms with Crippen LogP contribution in [0.4, 0.5) is 5.13 Å². The number of rotatable bonds is 5. The van der Waals surface area contributed by atoms with Crippen LogP contribution in [0, 0.1) is 0 Å². The molecule has 8 nitrogen and oxygen atoms in total. The summed E-state index contributed by atoms with van der Waals surface area (Å²) in [6.45, 7) is 0. The number of carbonyl (C=O) groups excluding carboxylic acids is 1. The predicted octanol–water partition coefficient (Wildman–Crippen LogP) is 3.44. The molecular formula is C18H15N5O3S2. The molecule has 0 bridgehead atoms. The highest BCUT2D eigenvalue weighted by atomic mass is 32.2. The fourth-order valence-electron chi connectivity index (χ4n) is 2.62. The zero-order valence-corrected chi connectivity index (χ0v) is 16.6. The van der Waals surface area contributed by atoms with Crippen LogP contribution < -0.4 is 14.8 Å². The van der Waals surface area contributed by atoms with Gasteiger partial charge in [0.2, 0.25) is 10.2 Å². The van der Waals surface area contributed by atoms with Crippen molar-refractivity contribution in [1.29, 1.82) is 0 Å². The number of aromatic nitrogens is 3. The fourth-order valence-corrected chi connectivity index (χ4v) is 3.88. The third kappa shape index (κ3) is 3.64. The average Bonchev–Trinajstić information content (AvgIpc) is 3.44. The number of hydrogen-bond acceptors (Lipinski definition) is 8. The number of ether oxygens (including phenoxy) is 2. The van der Waals surface area contributed by atoms with Crippen molar-refractivity contribution in [2.45, 2.75) is 0 Å². The van der Waals surface area contributed by atoms with Gasteiger partial charge < -0.3 is 14.8 Å². The molecule has 1 aliphatic heterocycles. The second-order valence-electron chi connectivity index (χ2n) is 5.57. The fraction of sp³-hybridized carbons (Fsp3) is 0.111. The van der Waals surface area contributed by atoms with Gasteiger partial charge in [0.05, 0.1) is 31.8 Å². The largest absolute Gasteiger partial charge is 0.493 e. The Kier molecular flexibility index (Phi) is 5.13. The van der Waals surface area contributed by atoms with E-state index in [1.54, 1.807) is 32.7 Å². The predicted molar refractivity (Wildman–Crippen MR) is 110 cm³/mol. The van der Waals surface area contributed by atoms with Crippen LogP contribution in [0.1, 0.15) is 5.56 Å². The smallest absolute Gasteiger partial charge is 0.243 e. The summed E-state index contributed by atoms with van der Waals surface area (Å²) in [7, 11) is 3.17. The SMILES string of the molecule is COc1ccc(-c2[nH]ncc2/C=C2\NC(=Nc3nccs3)SC2=O)cc1OC. The molecule has 1 fully saturated rings. The molecule has 3 heterocycles. The van der Waals surface area contributed by atoms with Crippen LogP contribution in [0.15, 0.2) is 46.7 Å². The van der Waals surface area contributed by atoms with E-state index in [-0.39, 0.29) is 5.12 Å². The number of hydrogen-bond donors (Lipinski definition) is 2. The molecule has 28 heavy (non-hydrogen) atoms. The summed E-state index contributed by atoms with van der Waals surface area (Å²) in [5.74, 6) is 1.24. The molecule has 142 valence electrons. The maximum absolute atomic E-state index is 12.3. The number of H-pyrrole nitrogens is 1. The summed E-state index contributed by atoms with van der Waals surface area (Å²) in [6, 6.07) is 5.56. The van der Waals surface area contributed by atoms with Crippen molar-refractivity contribution in [2.24, 2.45) is 4.99 Å². The Morgan fingerprint density at radius 1 is 1.21 bits per heavy atom. The molecule has 2 aromatic heterocycles. The number of methoxy groups -OCH3 is 2. The number of thioether (sulfide) groups is 1. The molecular weight excluding hydrogens is 398 g/mol. The van der Waals surface area contributed by atoms with Crippen LogP contribution in [-0.2, 0) is 4.79 Å². The maximum Gasteiger partial charge on any atom is 0.243 e. The van der Waals surface area contributed by atoms with Gasteiger partial charge in [-0.05, 0) is 36.0 Å². The topological polar surface area (TPSA) is 101 Å². The highest BCUT2D eigenvalue weighted by molar-refractivity contribution is 8.27. The summed E-state index contributed by atoms with van der Waals surface area (Å²) >= 11 is 2.44. The normalized spacial score (nSPS) is 16.6. The van der Waals surface area contributed by atoms with E-state index in [0.717, 1.165) is 28.6 Å². The van der Waals surface area contributed by atoms with E-state index in [9.17, 15) is 4.79 Å². The Labute approximate surface area is 168 Å². The molecule has 0 saturated carbocycles. The van der Waals surface area contributed by atoms with Gasteiger partial charge >= 0.3 is 0 Å². The number of carbonyl (C=O) groups is 1. The van der Waals surface area contributed by atoms with Crippen LogP contribution in [0.25, 0.3) is 17.3 Å². The van der Waals surface area contributed by atoms with Gasteiger partial charge in [0.1, 0.15) is 0 Å². The minimum Gasteiger partial charge on any atom is -0.493 e. The zero-order valence-electron chi connectivity index (χ0n) is 14.9. The molecule has 0 spiro atoms. The Balaban J connectivity index is 1.64. The van der Waals surface area contributed by atoms with E-state index < -0.39 is 0 Å². The minimum absolute atomic E-state index is 0.116. The van der Waals surface area contributed by atoms with E-state index in [1.165, 1.54) is 11.3 Å². The van der Waals surface area contributed by atoms with Crippen molar-refractivity contribution in [2.75, 3.05) is 14.2 Å². The van der Waals surface area contributed by atoms with Crippen LogP contribution >= 0.6 is 23.1 Å². The second kappa shape index (κ2) is 7.87. The van der Waals surface area contributed by atoms with E-state index in [2.05, 4.69) is 25.5 Å². The van der Waals surface area contributed by atoms with Gasteiger partial charge in [0, 0.05) is 22.7 Å². The summed E-state index contributed by atoms with van der Waals surface area (Å²) in [5.41, 5.74) is 2.82. The van der Waals surface area contributed by atoms with Crippen LogP contribution in [0.3, 0.4) is 0 Å². The van der Waals surface area contributed by atoms with E-state index in [0.29, 0.717) is 27.5 Å². The first kappa shape index (κ1) is 18.3. The maximum atomic E-state index is 12.3. The minimum atomic E-state index is -0.116. The molecule has 1 aliphatic rings. The zero-order chi connectivity index (χ0) is 19.5. The van der Waals surface area contributed by atoms with Gasteiger partial charge in [-0.15, -0.1) is 11.3 Å². The van der Waals surface area contributed by atoms with Crippen molar-refractivity contribution in [1.82, 2.24) is 20.5 Å². The molecule has 3 aromatic rings. The Bertz CT molecular complexity index is 1070. The van der Waals surface area contributed by atoms with Gasteiger partial charge in [0.15, 0.2) is 16.7 Å². The Morgan fingerprint density at radius 3 is 2.82 bits per heavy atom. The van der Waals surface area contributed by atoms with Crippen LogP contribution in [0.5, 0.6) is 11.5 Å². The second-order valence-corrected chi connectivity index (χ2v) is 7.41. The molecule has 4 rings (SSSR count). The highest BCUT2D eigenvalue weighted by Crippen LogP contribution is 2.34. The standard InChI is InChI=1S/C18H15N5O3S2/c1-25-13-4-3-10(8-14(13)26-2)15-11(9-20-23-15)7-12-16(24)28-18(21-12)22-17-19-5-6-27-17/h3-9H,1-2H3,(H,20,23)(H,19,21,22)/b12-7-. The highest BCUT2D eigenvalue weighted by Gasteiger charge is 2.25. The van der Waals surface area contributed by atoms with Crippen molar-refractivity contribution in [3.63, 3.8) is 0 Å². The molecule has 0 unspecified atom stereocenters. The van der Waals surface area contributed by atoms with Crippen molar-refractivity contribution in [3.8, 4) is 22.8 Å². The lowest BCUT2D eigenvalue weighted by Crippen LogP contribution is -2.12. The number of amidine groups is 1. The molecule has 10 heteroatoms. The number of nitrogens with zero attached hydrogens (tertiary/aromatic N) is 3. The van der Waals surface area contributed by atoms with E-state index in [1.807, 2.05) is 23.6 Å². The number of nitrogens with one attached hydrogen (secondary N) is 2. The van der Waals surface area contributed by atoms with Crippen LogP contribution in [-0.4, -0.2) is 39.7 Å². The summed E-state index contributed by atoms with van der Waals surface area (Å²) in [6.07, 6.45) is 5.08. The third-order valence-electron chi connectivity index (χ3n) is 3.91. The first-order chi connectivity index (χ1) is 13.7. The average molecular weight is 413 g/mol. The molecule has 1 saturated heterocycles. The molecule has 0 atom stereocenters. The molecule has 0 amide bonds. The molecule has 0 aliphatic carbocycles. The van der Waals surface area contributed by atoms with E-state index >= 15 is 0 Å². The number of aromatic amines is 1. The first-order valence-electron chi connectivity index (χ1n) is 8.13. The number of benzene rings is 1. The Hall–Kier alpha value is -3.11. The third-order valence-corrected chi connectivity index (χ3v) is 5.37. The van der Waals surface area contributed by atoms with Gasteiger partial charge in [-0.25, -0.2) is 4.98 Å². The lowest BCUT2D eigenvalue weighted by atomic mass is 10.1. The quantitative estimate of drug-likeness (QED) is 0.618. The molecule has 0 radical (unpaired) electrons. The molecule has 2 N–H and O–H groups in total. The number of aliphatic imine (C=N–C) groups is 1. The lowest BCUT2D eigenvalue weighted by Gasteiger charge is -2.09. The number of thiazole rings is 1. The lowest BCUT2D eigenvalue weighted by molar-refractivity contribution is -0.107. The van der Waals surface area contributed by atoms with Gasteiger partial charge in [-0.3, -0.25) is 9.89 Å². The van der Waals surface area contributed by atoms with Crippen molar-refractivity contribution in [3.05, 3.63) is 47.2 Å². The van der Waals surface area contributed by atoms with Crippen molar-refractivity contribution >= 4 is 44.6 Å². The summed E-state index contributed by atoms with van der Waals surface area (Å²) in [4.78, 5) is 20.8. The first-order valence-corrected chi connectivity index (χ1v) is 9.82. The van der Waals surface area contributed by atoms with Gasteiger partial charge in [-0.1, -0.05) is 0 Å². The van der Waals surface area contributed by atoms with Gasteiger partial charge in [-0.2, -0.15) is 10.1 Å². The van der Waals surface area contributed by atoms with Crippen molar-refractivity contribution < 1.29 is 14.3 Å². The van der Waals surface area contributed by atoms with E-state index in [4.69, 9.17) is 9.47 Å². The van der Waals surface area contributed by atoms with Gasteiger partial charge in [0.25, 0.3) is 0 Å². The monoisotopic (exact) mass is 413 g/mol.